The second-order valence-corrected chi connectivity index (χ2v) is 8.57. The Hall–Kier alpha value is -2.38. The zero-order valence-electron chi connectivity index (χ0n) is 14.5. The van der Waals surface area contributed by atoms with Gasteiger partial charge in [-0.1, -0.05) is 34.1 Å². The van der Waals surface area contributed by atoms with Gasteiger partial charge in [-0.25, -0.2) is 12.8 Å². The van der Waals surface area contributed by atoms with Gasteiger partial charge in [0.25, 0.3) is 10.0 Å². The number of benzene rings is 3. The van der Waals surface area contributed by atoms with E-state index in [1.807, 2.05) is 6.07 Å². The van der Waals surface area contributed by atoms with E-state index in [2.05, 4.69) is 15.9 Å². The number of nitrogens with zero attached hydrogens (tertiary/aromatic N) is 1. The molecule has 0 N–H and O–H groups in total. The van der Waals surface area contributed by atoms with E-state index in [0.717, 1.165) is 16.1 Å². The Morgan fingerprint density at radius 2 is 1.70 bits per heavy atom. The lowest BCUT2D eigenvalue weighted by atomic mass is 10.2. The third-order valence-corrected chi connectivity index (χ3v) is 6.26. The third-order valence-electron chi connectivity index (χ3n) is 3.96. The number of sulfonamides is 1. The van der Waals surface area contributed by atoms with E-state index in [-0.39, 0.29) is 11.4 Å². The Morgan fingerprint density at radius 3 is 2.37 bits per heavy atom. The summed E-state index contributed by atoms with van der Waals surface area (Å²) in [5.41, 5.74) is 1.22. The lowest BCUT2D eigenvalue weighted by molar-refractivity contribution is 0.414. The van der Waals surface area contributed by atoms with E-state index in [1.54, 1.807) is 49.6 Å². The van der Waals surface area contributed by atoms with E-state index in [4.69, 9.17) is 4.74 Å². The van der Waals surface area contributed by atoms with E-state index in [9.17, 15) is 12.8 Å². The molecule has 0 aliphatic carbocycles. The molecule has 0 aliphatic heterocycles. The normalized spacial score (nSPS) is 11.2. The number of hydrogen-bond acceptors (Lipinski definition) is 3. The molecule has 0 aliphatic rings. The van der Waals surface area contributed by atoms with Gasteiger partial charge in [-0.05, 0) is 60.2 Å². The lowest BCUT2D eigenvalue weighted by Crippen LogP contribution is -2.30. The molecule has 3 aromatic rings. The fourth-order valence-electron chi connectivity index (χ4n) is 2.61. The molecule has 4 nitrogen and oxygen atoms in total. The van der Waals surface area contributed by atoms with E-state index < -0.39 is 15.8 Å². The number of halogens is 2. The molecule has 0 amide bonds. The van der Waals surface area contributed by atoms with Crippen LogP contribution < -0.4 is 9.04 Å². The fourth-order valence-corrected chi connectivity index (χ4v) is 4.36. The van der Waals surface area contributed by atoms with Gasteiger partial charge in [0.2, 0.25) is 0 Å². The van der Waals surface area contributed by atoms with Crippen molar-refractivity contribution < 1.29 is 17.5 Å². The van der Waals surface area contributed by atoms with Crippen molar-refractivity contribution in [2.75, 3.05) is 11.4 Å². The molecule has 0 heterocycles. The van der Waals surface area contributed by atoms with Crippen molar-refractivity contribution in [3.05, 3.63) is 88.6 Å². The first-order valence-electron chi connectivity index (χ1n) is 8.07. The Kier molecular flexibility index (Phi) is 5.82. The van der Waals surface area contributed by atoms with Gasteiger partial charge in [0.05, 0.1) is 24.2 Å². The van der Waals surface area contributed by atoms with Crippen molar-refractivity contribution >= 4 is 31.6 Å². The monoisotopic (exact) mass is 449 g/mol. The van der Waals surface area contributed by atoms with Gasteiger partial charge < -0.3 is 4.74 Å². The van der Waals surface area contributed by atoms with Gasteiger partial charge in [-0.3, -0.25) is 4.31 Å². The van der Waals surface area contributed by atoms with Gasteiger partial charge in [0.15, 0.2) is 0 Å². The average molecular weight is 450 g/mol. The molecular weight excluding hydrogens is 433 g/mol. The molecule has 0 fully saturated rings. The van der Waals surface area contributed by atoms with Gasteiger partial charge in [-0.2, -0.15) is 0 Å². The Labute approximate surface area is 166 Å². The highest BCUT2D eigenvalue weighted by molar-refractivity contribution is 9.10. The first-order valence-corrected chi connectivity index (χ1v) is 10.3. The highest BCUT2D eigenvalue weighted by Gasteiger charge is 2.25. The number of hydrogen-bond donors (Lipinski definition) is 0. The Balaban J connectivity index is 2.08. The molecule has 0 atom stereocenters. The first-order chi connectivity index (χ1) is 12.9. The summed E-state index contributed by atoms with van der Waals surface area (Å²) in [4.78, 5) is -0.103. The van der Waals surface area contributed by atoms with Crippen LogP contribution in [0.25, 0.3) is 0 Å². The van der Waals surface area contributed by atoms with Crippen LogP contribution in [0, 0.1) is 5.82 Å². The third kappa shape index (κ3) is 4.48. The highest BCUT2D eigenvalue weighted by atomic mass is 79.9. The van der Waals surface area contributed by atoms with E-state index in [1.165, 1.54) is 22.5 Å². The van der Waals surface area contributed by atoms with Crippen molar-refractivity contribution in [1.82, 2.24) is 0 Å². The summed E-state index contributed by atoms with van der Waals surface area (Å²) >= 11 is 3.35. The van der Waals surface area contributed by atoms with Crippen LogP contribution in [0.1, 0.15) is 5.56 Å². The molecule has 3 rings (SSSR count). The van der Waals surface area contributed by atoms with Gasteiger partial charge >= 0.3 is 0 Å². The van der Waals surface area contributed by atoms with Crippen molar-refractivity contribution in [3.8, 4) is 5.75 Å². The number of methoxy groups -OCH3 is 1. The minimum Gasteiger partial charge on any atom is -0.497 e. The lowest BCUT2D eigenvalue weighted by Gasteiger charge is -2.25. The predicted octanol–water partition coefficient (Wildman–Crippen LogP) is 4.99. The molecule has 27 heavy (non-hydrogen) atoms. The average Bonchev–Trinajstić information content (AvgIpc) is 2.67. The molecule has 3 aromatic carbocycles. The van der Waals surface area contributed by atoms with Crippen LogP contribution in [0.2, 0.25) is 0 Å². The van der Waals surface area contributed by atoms with Crippen LogP contribution in [-0.2, 0) is 16.6 Å². The summed E-state index contributed by atoms with van der Waals surface area (Å²) in [6.07, 6.45) is 0. The molecular formula is C20H17BrFNO3S. The largest absolute Gasteiger partial charge is 0.497 e. The summed E-state index contributed by atoms with van der Waals surface area (Å²) in [6.45, 7) is 0.0810. The van der Waals surface area contributed by atoms with E-state index >= 15 is 0 Å². The maximum absolute atomic E-state index is 13.6. The quantitative estimate of drug-likeness (QED) is 0.532. The summed E-state index contributed by atoms with van der Waals surface area (Å²) in [5.74, 6) is 0.0274. The minimum atomic E-state index is -3.97. The van der Waals surface area contributed by atoms with Crippen molar-refractivity contribution in [2.24, 2.45) is 0 Å². The van der Waals surface area contributed by atoms with Gasteiger partial charge in [0, 0.05) is 4.47 Å². The summed E-state index contributed by atoms with van der Waals surface area (Å²) in [6, 6.07) is 19.1. The maximum Gasteiger partial charge on any atom is 0.264 e. The second-order valence-electron chi connectivity index (χ2n) is 5.80. The molecule has 0 spiro atoms. The van der Waals surface area contributed by atoms with Crippen molar-refractivity contribution in [3.63, 3.8) is 0 Å². The smallest absolute Gasteiger partial charge is 0.264 e. The standard InChI is InChI=1S/C20H17BrFNO3S/c1-26-19-6-2-4-15(12-19)14-23(18-10-8-16(21)9-11-18)27(24,25)20-7-3-5-17(22)13-20/h2-13H,14H2,1H3. The summed E-state index contributed by atoms with van der Waals surface area (Å²) in [7, 11) is -2.42. The maximum atomic E-state index is 13.6. The molecule has 0 saturated heterocycles. The van der Waals surface area contributed by atoms with Crippen molar-refractivity contribution in [2.45, 2.75) is 11.4 Å². The molecule has 140 valence electrons. The number of ether oxygens (including phenoxy) is 1. The molecule has 0 radical (unpaired) electrons. The second kappa shape index (κ2) is 8.10. The zero-order chi connectivity index (χ0) is 19.4. The zero-order valence-corrected chi connectivity index (χ0v) is 16.9. The Bertz CT molecular complexity index is 1040. The number of rotatable bonds is 6. The van der Waals surface area contributed by atoms with Crippen LogP contribution in [-0.4, -0.2) is 15.5 Å². The molecule has 0 unspecified atom stereocenters. The summed E-state index contributed by atoms with van der Waals surface area (Å²) < 4.78 is 47.4. The SMILES string of the molecule is COc1cccc(CN(c2ccc(Br)cc2)S(=O)(=O)c2cccc(F)c2)c1. The van der Waals surface area contributed by atoms with Crippen LogP contribution >= 0.6 is 15.9 Å². The van der Waals surface area contributed by atoms with Crippen LogP contribution in [0.3, 0.4) is 0 Å². The predicted molar refractivity (Wildman–Crippen MR) is 107 cm³/mol. The van der Waals surface area contributed by atoms with Gasteiger partial charge in [0.1, 0.15) is 11.6 Å². The molecule has 0 bridgehead atoms. The van der Waals surface area contributed by atoms with Crippen molar-refractivity contribution in [1.29, 1.82) is 0 Å². The van der Waals surface area contributed by atoms with Crippen LogP contribution in [0.15, 0.2) is 82.2 Å². The highest BCUT2D eigenvalue weighted by Crippen LogP contribution is 2.28. The topological polar surface area (TPSA) is 46.6 Å². The molecule has 0 saturated carbocycles. The fraction of sp³-hybridized carbons (Fsp3) is 0.100. The Morgan fingerprint density at radius 1 is 1.00 bits per heavy atom. The molecule has 7 heteroatoms. The van der Waals surface area contributed by atoms with Crippen LogP contribution in [0.4, 0.5) is 10.1 Å². The van der Waals surface area contributed by atoms with E-state index in [0.29, 0.717) is 11.4 Å². The number of anilines is 1. The van der Waals surface area contributed by atoms with Gasteiger partial charge in [-0.15, -0.1) is 0 Å². The minimum absolute atomic E-state index is 0.0810. The first kappa shape index (κ1) is 19.4. The molecule has 0 aromatic heterocycles. The summed E-state index contributed by atoms with van der Waals surface area (Å²) in [5, 5.41) is 0. The van der Waals surface area contributed by atoms with Crippen LogP contribution in [0.5, 0.6) is 5.75 Å².